The molecule has 1 saturated heterocycles. The summed E-state index contributed by atoms with van der Waals surface area (Å²) in [7, 11) is 1.60. The Labute approximate surface area is 145 Å². The Hall–Kier alpha value is -2.22. The van der Waals surface area contributed by atoms with E-state index >= 15 is 0 Å². The number of carbonyl (C=O) groups is 1. The second kappa shape index (κ2) is 7.12. The third-order valence-electron chi connectivity index (χ3n) is 3.94. The van der Waals surface area contributed by atoms with E-state index in [9.17, 15) is 4.79 Å². The van der Waals surface area contributed by atoms with E-state index < -0.39 is 0 Å². The number of aryl methyl sites for hydroxylation is 2. The number of hydrogen-bond donors (Lipinski definition) is 0. The van der Waals surface area contributed by atoms with Gasteiger partial charge in [0.25, 0.3) is 5.91 Å². The van der Waals surface area contributed by atoms with Crippen molar-refractivity contribution in [1.82, 2.24) is 19.9 Å². The van der Waals surface area contributed by atoms with Gasteiger partial charge in [-0.2, -0.15) is 4.98 Å². The average Bonchev–Trinajstić information content (AvgIpc) is 3.10. The molecule has 128 valence electrons. The highest BCUT2D eigenvalue weighted by Crippen LogP contribution is 2.19. The SMILES string of the molecule is CCc1ncc(C(=O)N2CCN(c3nc(C)cc(OC)n3)CC2)s1. The summed E-state index contributed by atoms with van der Waals surface area (Å²) in [5, 5.41) is 0.997. The molecule has 0 spiro atoms. The first-order valence-corrected chi connectivity index (χ1v) is 8.81. The number of thiazole rings is 1. The second-order valence-corrected chi connectivity index (χ2v) is 6.72. The lowest BCUT2D eigenvalue weighted by Gasteiger charge is -2.34. The quantitative estimate of drug-likeness (QED) is 0.839. The fourth-order valence-electron chi connectivity index (χ4n) is 2.61. The molecule has 7 nitrogen and oxygen atoms in total. The van der Waals surface area contributed by atoms with Crippen molar-refractivity contribution in [2.45, 2.75) is 20.3 Å². The first-order chi connectivity index (χ1) is 11.6. The van der Waals surface area contributed by atoms with E-state index in [0.717, 1.165) is 17.1 Å². The van der Waals surface area contributed by atoms with Crippen molar-refractivity contribution in [2.75, 3.05) is 38.2 Å². The van der Waals surface area contributed by atoms with Gasteiger partial charge in [0, 0.05) is 37.9 Å². The lowest BCUT2D eigenvalue weighted by molar-refractivity contribution is 0.0751. The first kappa shape index (κ1) is 16.6. The van der Waals surface area contributed by atoms with Crippen molar-refractivity contribution in [3.05, 3.63) is 27.8 Å². The maximum atomic E-state index is 12.6. The van der Waals surface area contributed by atoms with Crippen LogP contribution in [0.3, 0.4) is 0 Å². The molecule has 3 rings (SSSR count). The van der Waals surface area contributed by atoms with Crippen molar-refractivity contribution in [3.8, 4) is 5.88 Å². The molecule has 1 aliphatic rings. The summed E-state index contributed by atoms with van der Waals surface area (Å²) in [6.45, 7) is 6.68. The first-order valence-electron chi connectivity index (χ1n) is 7.99. The summed E-state index contributed by atoms with van der Waals surface area (Å²) in [6.07, 6.45) is 2.55. The smallest absolute Gasteiger partial charge is 0.265 e. The molecule has 1 amide bonds. The molecule has 0 radical (unpaired) electrons. The Kier molecular flexibility index (Phi) is 4.94. The summed E-state index contributed by atoms with van der Waals surface area (Å²) >= 11 is 1.48. The van der Waals surface area contributed by atoms with Gasteiger partial charge in [-0.3, -0.25) is 4.79 Å². The van der Waals surface area contributed by atoms with Gasteiger partial charge in [0.1, 0.15) is 4.88 Å². The minimum atomic E-state index is 0.0644. The zero-order chi connectivity index (χ0) is 17.1. The van der Waals surface area contributed by atoms with Crippen LogP contribution in [-0.2, 0) is 6.42 Å². The van der Waals surface area contributed by atoms with E-state index in [2.05, 4.69) is 19.9 Å². The van der Waals surface area contributed by atoms with Crippen LogP contribution in [0.1, 0.15) is 27.3 Å². The van der Waals surface area contributed by atoms with E-state index in [1.165, 1.54) is 11.3 Å². The number of aromatic nitrogens is 3. The van der Waals surface area contributed by atoms with Crippen molar-refractivity contribution < 1.29 is 9.53 Å². The Bertz CT molecular complexity index is 725. The lowest BCUT2D eigenvalue weighted by Crippen LogP contribution is -2.49. The fourth-order valence-corrected chi connectivity index (χ4v) is 3.43. The van der Waals surface area contributed by atoms with Crippen LogP contribution in [0.2, 0.25) is 0 Å². The van der Waals surface area contributed by atoms with E-state index in [4.69, 9.17) is 4.74 Å². The molecule has 0 bridgehead atoms. The van der Waals surface area contributed by atoms with E-state index in [-0.39, 0.29) is 5.91 Å². The molecule has 0 saturated carbocycles. The highest BCUT2D eigenvalue weighted by molar-refractivity contribution is 7.13. The topological polar surface area (TPSA) is 71.5 Å². The number of nitrogens with zero attached hydrogens (tertiary/aromatic N) is 5. The van der Waals surface area contributed by atoms with Gasteiger partial charge in [0.05, 0.1) is 18.3 Å². The monoisotopic (exact) mass is 347 g/mol. The molecular formula is C16H21N5O2S. The van der Waals surface area contributed by atoms with Crippen molar-refractivity contribution in [3.63, 3.8) is 0 Å². The second-order valence-electron chi connectivity index (χ2n) is 5.60. The zero-order valence-corrected chi connectivity index (χ0v) is 15.0. The molecule has 0 aromatic carbocycles. The van der Waals surface area contributed by atoms with E-state index in [0.29, 0.717) is 42.9 Å². The molecule has 8 heteroatoms. The van der Waals surface area contributed by atoms with Gasteiger partial charge < -0.3 is 14.5 Å². The molecule has 1 aliphatic heterocycles. The molecule has 2 aromatic heterocycles. The Morgan fingerprint density at radius 3 is 2.67 bits per heavy atom. The number of carbonyl (C=O) groups excluding carboxylic acids is 1. The number of methoxy groups -OCH3 is 1. The van der Waals surface area contributed by atoms with Crippen LogP contribution in [-0.4, -0.2) is 59.0 Å². The third-order valence-corrected chi connectivity index (χ3v) is 5.07. The summed E-state index contributed by atoms with van der Waals surface area (Å²) in [4.78, 5) is 30.4. The number of hydrogen-bond acceptors (Lipinski definition) is 7. The third kappa shape index (κ3) is 3.48. The molecule has 1 fully saturated rings. The number of anilines is 1. The zero-order valence-electron chi connectivity index (χ0n) is 14.2. The van der Waals surface area contributed by atoms with Gasteiger partial charge in [-0.05, 0) is 13.3 Å². The lowest BCUT2D eigenvalue weighted by atomic mass is 10.3. The molecule has 24 heavy (non-hydrogen) atoms. The summed E-state index contributed by atoms with van der Waals surface area (Å²) in [6, 6.07) is 1.80. The maximum absolute atomic E-state index is 12.6. The van der Waals surface area contributed by atoms with Gasteiger partial charge in [-0.15, -0.1) is 11.3 Å². The summed E-state index contributed by atoms with van der Waals surface area (Å²) in [5.41, 5.74) is 0.868. The van der Waals surface area contributed by atoms with Crippen LogP contribution in [0.5, 0.6) is 5.88 Å². The van der Waals surface area contributed by atoms with E-state index in [1.807, 2.05) is 18.7 Å². The van der Waals surface area contributed by atoms with E-state index in [1.54, 1.807) is 19.4 Å². The van der Waals surface area contributed by atoms with Crippen LogP contribution in [0.25, 0.3) is 0 Å². The number of amides is 1. The number of piperazine rings is 1. The molecule has 2 aromatic rings. The Morgan fingerprint density at radius 1 is 1.29 bits per heavy atom. The summed E-state index contributed by atoms with van der Waals surface area (Å²) in [5.74, 6) is 1.28. The predicted octanol–water partition coefficient (Wildman–Crippen LogP) is 1.77. The maximum Gasteiger partial charge on any atom is 0.265 e. The Balaban J connectivity index is 1.65. The normalized spacial score (nSPS) is 14.8. The summed E-state index contributed by atoms with van der Waals surface area (Å²) < 4.78 is 5.21. The average molecular weight is 347 g/mol. The van der Waals surface area contributed by atoms with Crippen molar-refractivity contribution >= 4 is 23.2 Å². The van der Waals surface area contributed by atoms with Gasteiger partial charge in [0.15, 0.2) is 0 Å². The highest BCUT2D eigenvalue weighted by Gasteiger charge is 2.25. The molecule has 0 unspecified atom stereocenters. The fraction of sp³-hybridized carbons (Fsp3) is 0.500. The molecule has 3 heterocycles. The van der Waals surface area contributed by atoms with Crippen molar-refractivity contribution in [1.29, 1.82) is 0 Å². The van der Waals surface area contributed by atoms with Crippen LogP contribution < -0.4 is 9.64 Å². The minimum absolute atomic E-state index is 0.0644. The van der Waals surface area contributed by atoms with Crippen molar-refractivity contribution in [2.24, 2.45) is 0 Å². The molecule has 0 atom stereocenters. The van der Waals surface area contributed by atoms with Gasteiger partial charge in [0.2, 0.25) is 11.8 Å². The van der Waals surface area contributed by atoms with Gasteiger partial charge >= 0.3 is 0 Å². The predicted molar refractivity (Wildman–Crippen MR) is 92.9 cm³/mol. The molecular weight excluding hydrogens is 326 g/mol. The molecule has 0 aliphatic carbocycles. The Morgan fingerprint density at radius 2 is 2.04 bits per heavy atom. The van der Waals surface area contributed by atoms with Crippen LogP contribution in [0, 0.1) is 6.92 Å². The van der Waals surface area contributed by atoms with Gasteiger partial charge in [-0.1, -0.05) is 6.92 Å². The van der Waals surface area contributed by atoms with Gasteiger partial charge in [-0.25, -0.2) is 9.97 Å². The standard InChI is InChI=1S/C16H21N5O2S/c1-4-14-17-10-12(24-14)15(22)20-5-7-21(8-6-20)16-18-11(2)9-13(19-16)23-3/h9-10H,4-8H2,1-3H3. The number of ether oxygens (including phenoxy) is 1. The van der Waals surface area contributed by atoms with Crippen LogP contribution in [0.15, 0.2) is 12.3 Å². The van der Waals surface area contributed by atoms with Crippen LogP contribution in [0.4, 0.5) is 5.95 Å². The minimum Gasteiger partial charge on any atom is -0.481 e. The molecule has 0 N–H and O–H groups in total. The highest BCUT2D eigenvalue weighted by atomic mass is 32.1. The largest absolute Gasteiger partial charge is 0.481 e. The number of rotatable bonds is 4. The van der Waals surface area contributed by atoms with Crippen LogP contribution >= 0.6 is 11.3 Å².